The molecule has 0 unspecified atom stereocenters. The van der Waals surface area contributed by atoms with Gasteiger partial charge in [0, 0.05) is 24.3 Å². The van der Waals surface area contributed by atoms with Crippen molar-refractivity contribution in [2.75, 3.05) is 18.4 Å². The van der Waals surface area contributed by atoms with Crippen molar-refractivity contribution in [3.05, 3.63) is 65.0 Å². The van der Waals surface area contributed by atoms with E-state index >= 15 is 0 Å². The Morgan fingerprint density at radius 2 is 1.82 bits per heavy atom. The number of carbonyl (C=O) groups excluding carboxylic acids is 1. The number of aromatic nitrogens is 2. The van der Waals surface area contributed by atoms with E-state index in [1.807, 2.05) is 35.9 Å². The summed E-state index contributed by atoms with van der Waals surface area (Å²) in [5.74, 6) is -0.662. The number of phenols is 1. The van der Waals surface area contributed by atoms with Crippen LogP contribution in [0.5, 0.6) is 5.75 Å². The molecule has 1 aliphatic carbocycles. The van der Waals surface area contributed by atoms with Crippen LogP contribution >= 0.6 is 0 Å². The van der Waals surface area contributed by atoms with E-state index < -0.39 is 15.9 Å². The number of nitrogens with zero attached hydrogens (tertiary/aromatic N) is 3. The fourth-order valence-electron chi connectivity index (χ4n) is 4.65. The lowest BCUT2D eigenvalue weighted by atomic mass is 10.1. The molecule has 0 bridgehead atoms. The number of para-hydroxylation sites is 1. The van der Waals surface area contributed by atoms with Crippen LogP contribution in [0.3, 0.4) is 0 Å². The number of benzene rings is 2. The fourth-order valence-corrected chi connectivity index (χ4v) is 6.20. The summed E-state index contributed by atoms with van der Waals surface area (Å²) in [5, 5.41) is 17.6. The van der Waals surface area contributed by atoms with E-state index in [0.29, 0.717) is 18.8 Å². The molecule has 172 valence electrons. The van der Waals surface area contributed by atoms with Gasteiger partial charge in [-0.25, -0.2) is 13.1 Å². The summed E-state index contributed by atoms with van der Waals surface area (Å²) in [5.41, 5.74) is 4.26. The molecular weight excluding hydrogens is 440 g/mol. The number of aromatic hydroxyl groups is 1. The van der Waals surface area contributed by atoms with Gasteiger partial charge in [-0.05, 0) is 68.9 Å². The predicted octanol–water partition coefficient (Wildman–Crippen LogP) is 3.41. The van der Waals surface area contributed by atoms with Crippen molar-refractivity contribution in [1.29, 1.82) is 0 Å². The van der Waals surface area contributed by atoms with Crippen LogP contribution in [0, 0.1) is 6.92 Å². The van der Waals surface area contributed by atoms with Gasteiger partial charge in [-0.15, -0.1) is 0 Å². The van der Waals surface area contributed by atoms with Crippen molar-refractivity contribution in [3.63, 3.8) is 0 Å². The molecule has 2 N–H and O–H groups in total. The van der Waals surface area contributed by atoms with Gasteiger partial charge in [-0.3, -0.25) is 4.79 Å². The Morgan fingerprint density at radius 1 is 1.06 bits per heavy atom. The van der Waals surface area contributed by atoms with Crippen LogP contribution in [-0.4, -0.2) is 46.6 Å². The van der Waals surface area contributed by atoms with E-state index in [4.69, 9.17) is 0 Å². The molecule has 1 aromatic heterocycles. The number of anilines is 1. The first-order valence-corrected chi connectivity index (χ1v) is 12.6. The number of carbonyl (C=O) groups is 1. The van der Waals surface area contributed by atoms with Gasteiger partial charge in [0.05, 0.1) is 16.3 Å². The summed E-state index contributed by atoms with van der Waals surface area (Å²) in [4.78, 5) is 13.3. The molecule has 5 rings (SSSR count). The number of hydrogen-bond acceptors (Lipinski definition) is 5. The molecule has 1 amide bonds. The van der Waals surface area contributed by atoms with Gasteiger partial charge in [0.1, 0.15) is 5.75 Å². The Hall–Kier alpha value is -3.17. The van der Waals surface area contributed by atoms with E-state index in [2.05, 4.69) is 10.4 Å². The second-order valence-electron chi connectivity index (χ2n) is 8.57. The molecule has 2 aromatic carbocycles. The van der Waals surface area contributed by atoms with Crippen molar-refractivity contribution < 1.29 is 18.3 Å². The highest BCUT2D eigenvalue weighted by Gasteiger charge is 2.30. The molecule has 9 heteroatoms. The number of amides is 1. The molecule has 1 saturated heterocycles. The fraction of sp³-hybridized carbons (Fsp3) is 0.333. The zero-order valence-corrected chi connectivity index (χ0v) is 19.2. The molecule has 1 aliphatic heterocycles. The largest absolute Gasteiger partial charge is 0.506 e. The molecule has 2 heterocycles. The van der Waals surface area contributed by atoms with Crippen LogP contribution < -0.4 is 5.32 Å². The quantitative estimate of drug-likeness (QED) is 0.561. The number of hydrogen-bond donors (Lipinski definition) is 2. The van der Waals surface area contributed by atoms with Gasteiger partial charge >= 0.3 is 0 Å². The summed E-state index contributed by atoms with van der Waals surface area (Å²) >= 11 is 0. The Kier molecular flexibility index (Phi) is 5.46. The molecule has 8 nitrogen and oxygen atoms in total. The zero-order chi connectivity index (χ0) is 23.2. The van der Waals surface area contributed by atoms with Gasteiger partial charge in [-0.1, -0.05) is 18.2 Å². The topological polar surface area (TPSA) is 105 Å². The molecule has 0 atom stereocenters. The first kappa shape index (κ1) is 21.7. The van der Waals surface area contributed by atoms with Crippen molar-refractivity contribution in [3.8, 4) is 11.4 Å². The number of aryl methyl sites for hydroxylation is 1. The second-order valence-corrected chi connectivity index (χ2v) is 10.5. The second kappa shape index (κ2) is 8.31. The van der Waals surface area contributed by atoms with E-state index in [1.54, 1.807) is 0 Å². The highest BCUT2D eigenvalue weighted by Crippen LogP contribution is 2.32. The third kappa shape index (κ3) is 3.81. The maximum absolute atomic E-state index is 13.2. The van der Waals surface area contributed by atoms with Crippen LogP contribution in [0.15, 0.2) is 47.4 Å². The van der Waals surface area contributed by atoms with Gasteiger partial charge in [-0.2, -0.15) is 9.40 Å². The Morgan fingerprint density at radius 3 is 2.58 bits per heavy atom. The summed E-state index contributed by atoms with van der Waals surface area (Å²) in [7, 11) is -3.67. The molecule has 0 radical (unpaired) electrons. The molecular formula is C24H26N4O4S. The van der Waals surface area contributed by atoms with Crippen molar-refractivity contribution >= 4 is 21.6 Å². The number of phenolic OH excluding ortho intramolecular Hbond substituents is 1. The predicted molar refractivity (Wildman–Crippen MR) is 124 cm³/mol. The monoisotopic (exact) mass is 466 g/mol. The summed E-state index contributed by atoms with van der Waals surface area (Å²) in [6, 6.07) is 11.9. The Labute approximate surface area is 192 Å². The molecule has 2 aliphatic rings. The molecule has 0 saturated carbocycles. The standard InChI is InChI=1S/C24H26N4O4S/c1-16-7-2-3-9-20(16)28-21-10-6-8-18(21)23(26-28)24(30)25-19-15-17(11-12-22(19)29)33(31,32)27-13-4-5-14-27/h2-3,7,9,11-12,15,29H,4-6,8,10,13-14H2,1H3,(H,25,30). The average molecular weight is 467 g/mol. The Bertz CT molecular complexity index is 1340. The van der Waals surface area contributed by atoms with Gasteiger partial charge in [0.15, 0.2) is 5.69 Å². The van der Waals surface area contributed by atoms with Crippen molar-refractivity contribution in [2.24, 2.45) is 0 Å². The van der Waals surface area contributed by atoms with Crippen LogP contribution in [-0.2, 0) is 22.9 Å². The van der Waals surface area contributed by atoms with E-state index in [0.717, 1.165) is 54.6 Å². The average Bonchev–Trinajstić information content (AvgIpc) is 3.54. The first-order chi connectivity index (χ1) is 15.9. The molecule has 1 fully saturated rings. The lowest BCUT2D eigenvalue weighted by Gasteiger charge is -2.16. The maximum Gasteiger partial charge on any atom is 0.276 e. The number of fused-ring (bicyclic) bond motifs is 1. The summed E-state index contributed by atoms with van der Waals surface area (Å²) in [6.45, 7) is 2.96. The lowest BCUT2D eigenvalue weighted by Crippen LogP contribution is -2.28. The van der Waals surface area contributed by atoms with E-state index in [9.17, 15) is 18.3 Å². The Balaban J connectivity index is 1.48. The smallest absolute Gasteiger partial charge is 0.276 e. The number of rotatable bonds is 5. The van der Waals surface area contributed by atoms with E-state index in [-0.39, 0.29) is 16.3 Å². The van der Waals surface area contributed by atoms with E-state index in [1.165, 1.54) is 22.5 Å². The normalized spacial score (nSPS) is 16.2. The summed E-state index contributed by atoms with van der Waals surface area (Å²) < 4.78 is 29.1. The zero-order valence-electron chi connectivity index (χ0n) is 18.4. The molecule has 33 heavy (non-hydrogen) atoms. The van der Waals surface area contributed by atoms with Gasteiger partial charge < -0.3 is 10.4 Å². The number of sulfonamides is 1. The third-order valence-electron chi connectivity index (χ3n) is 6.41. The minimum Gasteiger partial charge on any atom is -0.506 e. The third-order valence-corrected chi connectivity index (χ3v) is 8.30. The molecule has 3 aromatic rings. The SMILES string of the molecule is Cc1ccccc1-n1nc(C(=O)Nc2cc(S(=O)(=O)N3CCCC3)ccc2O)c2c1CCC2. The summed E-state index contributed by atoms with van der Waals surface area (Å²) in [6.07, 6.45) is 4.18. The van der Waals surface area contributed by atoms with Gasteiger partial charge in [0.25, 0.3) is 5.91 Å². The maximum atomic E-state index is 13.2. The van der Waals surface area contributed by atoms with Crippen LogP contribution in [0.4, 0.5) is 5.69 Å². The molecule has 0 spiro atoms. The minimum atomic E-state index is -3.67. The van der Waals surface area contributed by atoms with Crippen LogP contribution in [0.25, 0.3) is 5.69 Å². The lowest BCUT2D eigenvalue weighted by molar-refractivity contribution is 0.102. The van der Waals surface area contributed by atoms with Crippen molar-refractivity contribution in [2.45, 2.75) is 43.9 Å². The van der Waals surface area contributed by atoms with Crippen LogP contribution in [0.1, 0.15) is 46.6 Å². The first-order valence-electron chi connectivity index (χ1n) is 11.2. The van der Waals surface area contributed by atoms with Crippen LogP contribution in [0.2, 0.25) is 0 Å². The minimum absolute atomic E-state index is 0.0492. The highest BCUT2D eigenvalue weighted by atomic mass is 32.2. The van der Waals surface area contributed by atoms with Gasteiger partial charge in [0.2, 0.25) is 10.0 Å². The highest BCUT2D eigenvalue weighted by molar-refractivity contribution is 7.89. The van der Waals surface area contributed by atoms with Crippen molar-refractivity contribution in [1.82, 2.24) is 14.1 Å². The number of nitrogens with one attached hydrogen (secondary N) is 1.